The molecule has 7 heteroatoms. The number of ether oxygens (including phenoxy) is 2. The monoisotopic (exact) mass is 421 g/mol. The van der Waals surface area contributed by atoms with Gasteiger partial charge in [0.25, 0.3) is 0 Å². The second-order valence-electron chi connectivity index (χ2n) is 7.66. The summed E-state index contributed by atoms with van der Waals surface area (Å²) >= 11 is 0. The van der Waals surface area contributed by atoms with E-state index in [0.29, 0.717) is 19.1 Å². The topological polar surface area (TPSA) is 76.8 Å². The minimum Gasteiger partial charge on any atom is -0.492 e. The van der Waals surface area contributed by atoms with Crippen LogP contribution in [0.2, 0.25) is 0 Å². The zero-order valence-corrected chi connectivity index (χ0v) is 17.4. The predicted molar refractivity (Wildman–Crippen MR) is 117 cm³/mol. The third kappa shape index (κ3) is 5.86. The zero-order valence-electron chi connectivity index (χ0n) is 17.4. The van der Waals surface area contributed by atoms with E-state index in [-0.39, 0.29) is 6.42 Å². The normalized spacial score (nSPS) is 16.3. The third-order valence-corrected chi connectivity index (χ3v) is 5.44. The number of carboxylic acid groups (broad SMARTS) is 1. The highest BCUT2D eigenvalue weighted by Gasteiger charge is 2.24. The van der Waals surface area contributed by atoms with E-state index in [1.54, 1.807) is 10.9 Å². The molecule has 162 valence electrons. The van der Waals surface area contributed by atoms with Crippen molar-refractivity contribution in [1.82, 2.24) is 14.7 Å². The van der Waals surface area contributed by atoms with Gasteiger partial charge in [-0.2, -0.15) is 5.10 Å². The average Bonchev–Trinajstić information content (AvgIpc) is 3.46. The highest BCUT2D eigenvalue weighted by atomic mass is 16.5. The van der Waals surface area contributed by atoms with Gasteiger partial charge >= 0.3 is 5.97 Å². The molecule has 31 heavy (non-hydrogen) atoms. The van der Waals surface area contributed by atoms with Crippen LogP contribution < -0.4 is 9.47 Å². The van der Waals surface area contributed by atoms with Gasteiger partial charge in [-0.25, -0.2) is 4.68 Å². The minimum atomic E-state index is -0.733. The fourth-order valence-corrected chi connectivity index (χ4v) is 3.83. The Labute approximate surface area is 181 Å². The maximum atomic E-state index is 10.7. The molecule has 3 aromatic rings. The lowest BCUT2D eigenvalue weighted by Crippen LogP contribution is -2.35. The van der Waals surface area contributed by atoms with Crippen LogP contribution in [0.5, 0.6) is 17.2 Å². The van der Waals surface area contributed by atoms with Crippen LogP contribution >= 0.6 is 0 Å². The van der Waals surface area contributed by atoms with E-state index in [9.17, 15) is 4.79 Å². The van der Waals surface area contributed by atoms with Crippen molar-refractivity contribution in [3.05, 3.63) is 67.0 Å². The van der Waals surface area contributed by atoms with Gasteiger partial charge in [0, 0.05) is 24.9 Å². The first-order valence-electron chi connectivity index (χ1n) is 10.6. The van der Waals surface area contributed by atoms with E-state index in [1.165, 1.54) is 0 Å². The summed E-state index contributed by atoms with van der Waals surface area (Å²) in [5.74, 6) is 1.57. The van der Waals surface area contributed by atoms with Crippen LogP contribution in [-0.4, -0.2) is 51.5 Å². The van der Waals surface area contributed by atoms with Crippen LogP contribution in [0.25, 0.3) is 5.69 Å². The number of aromatic nitrogens is 2. The Balaban J connectivity index is 1.26. The molecule has 0 spiro atoms. The molecule has 0 bridgehead atoms. The number of aliphatic carboxylic acids is 1. The first-order valence-corrected chi connectivity index (χ1v) is 10.6. The molecule has 0 saturated carbocycles. The number of carbonyl (C=O) groups is 1. The highest BCUT2D eigenvalue weighted by molar-refractivity contribution is 5.66. The molecule has 1 fully saturated rings. The van der Waals surface area contributed by atoms with Gasteiger partial charge in [-0.1, -0.05) is 0 Å². The van der Waals surface area contributed by atoms with Crippen molar-refractivity contribution in [3.8, 4) is 22.9 Å². The number of likely N-dealkylation sites (tertiary alicyclic amines) is 1. The molecule has 4 rings (SSSR count). The van der Waals surface area contributed by atoms with E-state index < -0.39 is 5.97 Å². The molecule has 1 N–H and O–H groups in total. The first kappa shape index (κ1) is 20.9. The molecule has 7 nitrogen and oxygen atoms in total. The molecular formula is C24H27N3O4. The average molecular weight is 421 g/mol. The molecule has 2 heterocycles. The number of nitrogens with zero attached hydrogens (tertiary/aromatic N) is 3. The maximum absolute atomic E-state index is 10.7. The summed E-state index contributed by atoms with van der Waals surface area (Å²) in [6, 6.07) is 17.6. The summed E-state index contributed by atoms with van der Waals surface area (Å²) in [6.07, 6.45) is 6.77. The van der Waals surface area contributed by atoms with Gasteiger partial charge in [0.1, 0.15) is 23.9 Å². The van der Waals surface area contributed by atoms with Crippen LogP contribution in [0.3, 0.4) is 0 Å². The zero-order chi connectivity index (χ0) is 21.5. The van der Waals surface area contributed by atoms with Gasteiger partial charge in [0.2, 0.25) is 0 Å². The number of rotatable bonds is 10. The Morgan fingerprint density at radius 3 is 2.45 bits per heavy atom. The molecule has 0 radical (unpaired) electrons. The number of carboxylic acids is 1. The highest BCUT2D eigenvalue weighted by Crippen LogP contribution is 2.26. The van der Waals surface area contributed by atoms with Gasteiger partial charge in [0.05, 0.1) is 5.69 Å². The van der Waals surface area contributed by atoms with Crippen molar-refractivity contribution >= 4 is 5.97 Å². The van der Waals surface area contributed by atoms with Crippen LogP contribution in [0.4, 0.5) is 0 Å². The molecule has 0 unspecified atom stereocenters. The van der Waals surface area contributed by atoms with Crippen molar-refractivity contribution in [3.63, 3.8) is 0 Å². The van der Waals surface area contributed by atoms with Crippen LogP contribution in [0.1, 0.15) is 25.7 Å². The fourth-order valence-electron chi connectivity index (χ4n) is 3.83. The molecular weight excluding hydrogens is 394 g/mol. The summed E-state index contributed by atoms with van der Waals surface area (Å²) in [7, 11) is 0. The third-order valence-electron chi connectivity index (χ3n) is 5.44. The molecule has 1 aliphatic heterocycles. The van der Waals surface area contributed by atoms with Gasteiger partial charge in [-0.05, 0) is 86.9 Å². The quantitative estimate of drug-likeness (QED) is 0.524. The van der Waals surface area contributed by atoms with Gasteiger partial charge < -0.3 is 14.6 Å². The van der Waals surface area contributed by atoms with E-state index >= 15 is 0 Å². The van der Waals surface area contributed by atoms with Crippen LogP contribution in [0.15, 0.2) is 67.0 Å². The largest absolute Gasteiger partial charge is 0.492 e. The van der Waals surface area contributed by atoms with Gasteiger partial charge in [0.15, 0.2) is 0 Å². The van der Waals surface area contributed by atoms with Crippen molar-refractivity contribution in [2.45, 2.75) is 31.7 Å². The lowest BCUT2D eigenvalue weighted by atomic mass is 10.2. The van der Waals surface area contributed by atoms with Crippen molar-refractivity contribution in [2.24, 2.45) is 0 Å². The van der Waals surface area contributed by atoms with Crippen molar-refractivity contribution in [1.29, 1.82) is 0 Å². The second kappa shape index (κ2) is 10.1. The molecule has 1 aliphatic rings. The minimum absolute atomic E-state index is 0.220. The maximum Gasteiger partial charge on any atom is 0.303 e. The molecule has 1 saturated heterocycles. The molecule has 0 amide bonds. The summed E-state index contributed by atoms with van der Waals surface area (Å²) < 4.78 is 13.7. The summed E-state index contributed by atoms with van der Waals surface area (Å²) in [4.78, 5) is 13.1. The molecule has 2 aromatic carbocycles. The van der Waals surface area contributed by atoms with Crippen molar-refractivity contribution < 1.29 is 19.4 Å². The van der Waals surface area contributed by atoms with Gasteiger partial charge in [-0.15, -0.1) is 0 Å². The SMILES string of the molecule is O=C(O)CCCN1CCC[C@@H]1COc1ccc(Oc2ccc(-n3cccn3)cc2)cc1. The smallest absolute Gasteiger partial charge is 0.303 e. The van der Waals surface area contributed by atoms with E-state index in [2.05, 4.69) is 10.00 Å². The Morgan fingerprint density at radius 2 is 1.77 bits per heavy atom. The first-order chi connectivity index (χ1) is 15.2. The fraction of sp³-hybridized carbons (Fsp3) is 0.333. The second-order valence-corrected chi connectivity index (χ2v) is 7.66. The molecule has 1 atom stereocenters. The lowest BCUT2D eigenvalue weighted by Gasteiger charge is -2.24. The Hall–Kier alpha value is -3.32. The Bertz CT molecular complexity index is 956. The number of hydrogen-bond donors (Lipinski definition) is 1. The van der Waals surface area contributed by atoms with Crippen LogP contribution in [-0.2, 0) is 4.79 Å². The molecule has 1 aromatic heterocycles. The molecule has 0 aliphatic carbocycles. The summed E-state index contributed by atoms with van der Waals surface area (Å²) in [5, 5.41) is 13.0. The van der Waals surface area contributed by atoms with E-state index in [1.807, 2.05) is 60.8 Å². The number of benzene rings is 2. The van der Waals surface area contributed by atoms with Crippen molar-refractivity contribution in [2.75, 3.05) is 19.7 Å². The summed E-state index contributed by atoms with van der Waals surface area (Å²) in [5.41, 5.74) is 0.977. The number of hydrogen-bond acceptors (Lipinski definition) is 5. The predicted octanol–water partition coefficient (Wildman–Crippen LogP) is 4.37. The Morgan fingerprint density at radius 1 is 1.06 bits per heavy atom. The van der Waals surface area contributed by atoms with E-state index in [4.69, 9.17) is 14.6 Å². The van der Waals surface area contributed by atoms with Gasteiger partial charge in [-0.3, -0.25) is 9.69 Å². The van der Waals surface area contributed by atoms with Crippen LogP contribution in [0, 0.1) is 0 Å². The Kier molecular flexibility index (Phi) is 6.84. The lowest BCUT2D eigenvalue weighted by molar-refractivity contribution is -0.137. The standard InChI is InChI=1S/C24H27N3O4/c28-24(29)5-2-16-26-15-1-4-20(26)18-30-21-10-12-23(13-11-21)31-22-8-6-19(7-9-22)27-17-3-14-25-27/h3,6-14,17,20H,1-2,4-5,15-16,18H2,(H,28,29)/t20-/m1/s1. The van der Waals surface area contributed by atoms with E-state index in [0.717, 1.165) is 48.9 Å². The summed E-state index contributed by atoms with van der Waals surface area (Å²) in [6.45, 7) is 2.44.